The van der Waals surface area contributed by atoms with Crippen LogP contribution in [-0.2, 0) is 6.18 Å². The van der Waals surface area contributed by atoms with Crippen LogP contribution in [0, 0.1) is 0 Å². The summed E-state index contributed by atoms with van der Waals surface area (Å²) in [6, 6.07) is 0. The molecule has 0 saturated carbocycles. The van der Waals surface area contributed by atoms with Gasteiger partial charge in [-0.05, 0) is 0 Å². The second kappa shape index (κ2) is 4.59. The molecule has 2 aromatic rings. The Morgan fingerprint density at radius 3 is 2.35 bits per heavy atom. The van der Waals surface area contributed by atoms with Crippen molar-refractivity contribution in [1.29, 1.82) is 0 Å². The molecule has 0 aromatic carbocycles. The lowest BCUT2D eigenvalue weighted by atomic mass is 10.2. The minimum absolute atomic E-state index is 0.264. The Bertz CT molecular complexity index is 691. The molecule has 2 heterocycles. The molecule has 0 fully saturated rings. The number of carbonyl (C=O) groups is 2. The quantitative estimate of drug-likeness (QED) is 0.895. The van der Waals surface area contributed by atoms with Gasteiger partial charge in [0.1, 0.15) is 5.56 Å². The van der Waals surface area contributed by atoms with Gasteiger partial charge in [-0.1, -0.05) is 0 Å². The van der Waals surface area contributed by atoms with Crippen LogP contribution in [0.4, 0.5) is 13.2 Å². The average molecular weight is 307 g/mol. The number of hydrogen-bond acceptors (Lipinski definition) is 5. The van der Waals surface area contributed by atoms with Crippen molar-refractivity contribution >= 4 is 23.3 Å². The Hall–Kier alpha value is -2.43. The van der Waals surface area contributed by atoms with Crippen LogP contribution in [0.25, 0.3) is 5.13 Å². The van der Waals surface area contributed by atoms with E-state index in [0.29, 0.717) is 17.5 Å². The fraction of sp³-hybridized carbons (Fsp3) is 0.111. The molecule has 0 atom stereocenters. The number of aromatic nitrogens is 3. The first kappa shape index (κ1) is 14.0. The fourth-order valence-corrected chi connectivity index (χ4v) is 2.14. The molecule has 0 saturated heterocycles. The van der Waals surface area contributed by atoms with E-state index in [1.807, 2.05) is 0 Å². The second-order valence-corrected chi connectivity index (χ2v) is 4.28. The number of nitrogens with zero attached hydrogens (tertiary/aromatic N) is 3. The Morgan fingerprint density at radius 1 is 1.25 bits per heavy atom. The van der Waals surface area contributed by atoms with Crippen molar-refractivity contribution in [1.82, 2.24) is 14.8 Å². The summed E-state index contributed by atoms with van der Waals surface area (Å²) in [4.78, 5) is 24.9. The molecule has 0 bridgehead atoms. The van der Waals surface area contributed by atoms with Gasteiger partial charge in [0, 0.05) is 5.38 Å². The number of rotatable bonds is 3. The monoisotopic (exact) mass is 307 g/mol. The van der Waals surface area contributed by atoms with Crippen LogP contribution >= 0.6 is 11.3 Å². The number of carboxylic acids is 2. The number of halogens is 3. The maximum absolute atomic E-state index is 12.9. The van der Waals surface area contributed by atoms with Crippen LogP contribution in [-0.4, -0.2) is 36.9 Å². The van der Waals surface area contributed by atoms with Crippen molar-refractivity contribution in [2.45, 2.75) is 6.18 Å². The number of aromatic carboxylic acids is 2. The molecule has 0 amide bonds. The highest BCUT2D eigenvalue weighted by atomic mass is 32.1. The molecule has 106 valence electrons. The summed E-state index contributed by atoms with van der Waals surface area (Å²) in [5.74, 6) is -3.20. The number of alkyl halides is 3. The molecule has 0 unspecified atom stereocenters. The van der Waals surface area contributed by atoms with Crippen LogP contribution in [0.5, 0.6) is 0 Å². The minimum atomic E-state index is -4.97. The summed E-state index contributed by atoms with van der Waals surface area (Å²) in [5.41, 5.74) is -3.01. The van der Waals surface area contributed by atoms with Gasteiger partial charge in [-0.25, -0.2) is 19.3 Å². The van der Waals surface area contributed by atoms with Crippen molar-refractivity contribution in [3.63, 3.8) is 0 Å². The van der Waals surface area contributed by atoms with E-state index >= 15 is 0 Å². The van der Waals surface area contributed by atoms with E-state index in [1.54, 1.807) is 0 Å². The fourth-order valence-electron chi connectivity index (χ4n) is 1.38. The van der Waals surface area contributed by atoms with E-state index in [1.165, 1.54) is 0 Å². The summed E-state index contributed by atoms with van der Waals surface area (Å²) in [6.45, 7) is 0. The Labute approximate surface area is 111 Å². The first-order valence-electron chi connectivity index (χ1n) is 4.79. The largest absolute Gasteiger partial charge is 0.478 e. The van der Waals surface area contributed by atoms with Gasteiger partial charge in [-0.3, -0.25) is 0 Å². The van der Waals surface area contributed by atoms with Crippen LogP contribution < -0.4 is 0 Å². The van der Waals surface area contributed by atoms with Crippen LogP contribution in [0.15, 0.2) is 11.6 Å². The first-order chi connectivity index (χ1) is 9.21. The Balaban J connectivity index is 2.62. The topological polar surface area (TPSA) is 105 Å². The molecular formula is C9H4F3N3O4S. The van der Waals surface area contributed by atoms with E-state index in [2.05, 4.69) is 10.1 Å². The smallest absolute Gasteiger partial charge is 0.434 e. The lowest BCUT2D eigenvalue weighted by Gasteiger charge is -2.08. The van der Waals surface area contributed by atoms with Gasteiger partial charge < -0.3 is 10.2 Å². The summed E-state index contributed by atoms with van der Waals surface area (Å²) >= 11 is 0.602. The maximum Gasteiger partial charge on any atom is 0.434 e. The van der Waals surface area contributed by atoms with Crippen molar-refractivity contribution in [3.05, 3.63) is 28.5 Å². The molecule has 0 aliphatic carbocycles. The van der Waals surface area contributed by atoms with Gasteiger partial charge in [0.25, 0.3) is 0 Å². The van der Waals surface area contributed by atoms with E-state index < -0.39 is 35.1 Å². The van der Waals surface area contributed by atoms with E-state index in [4.69, 9.17) is 10.2 Å². The molecule has 20 heavy (non-hydrogen) atoms. The summed E-state index contributed by atoms with van der Waals surface area (Å²) < 4.78 is 38.9. The number of carboxylic acid groups (broad SMARTS) is 2. The highest BCUT2D eigenvalue weighted by molar-refractivity contribution is 7.12. The van der Waals surface area contributed by atoms with Crippen molar-refractivity contribution < 1.29 is 33.0 Å². The lowest BCUT2D eigenvalue weighted by Crippen LogP contribution is -2.17. The van der Waals surface area contributed by atoms with Gasteiger partial charge in [-0.15, -0.1) is 11.3 Å². The molecule has 0 aliphatic rings. The Morgan fingerprint density at radius 2 is 1.90 bits per heavy atom. The third-order valence-corrected chi connectivity index (χ3v) is 2.98. The van der Waals surface area contributed by atoms with Gasteiger partial charge in [0.05, 0.1) is 6.20 Å². The molecule has 0 aliphatic heterocycles. The highest BCUT2D eigenvalue weighted by Crippen LogP contribution is 2.34. The molecule has 0 spiro atoms. The minimum Gasteiger partial charge on any atom is -0.478 e. The number of hydrogen-bond donors (Lipinski definition) is 2. The Kier molecular flexibility index (Phi) is 3.21. The zero-order valence-electron chi connectivity index (χ0n) is 9.25. The van der Waals surface area contributed by atoms with E-state index in [0.717, 1.165) is 5.38 Å². The zero-order valence-corrected chi connectivity index (χ0v) is 10.1. The van der Waals surface area contributed by atoms with E-state index in [-0.39, 0.29) is 9.81 Å². The van der Waals surface area contributed by atoms with Crippen LogP contribution in [0.2, 0.25) is 0 Å². The molecule has 7 nitrogen and oxygen atoms in total. The van der Waals surface area contributed by atoms with Crippen molar-refractivity contribution in [3.8, 4) is 5.13 Å². The molecule has 2 N–H and O–H groups in total. The number of thiazole rings is 1. The van der Waals surface area contributed by atoms with Gasteiger partial charge >= 0.3 is 18.1 Å². The van der Waals surface area contributed by atoms with Crippen LogP contribution in [0.3, 0.4) is 0 Å². The lowest BCUT2D eigenvalue weighted by molar-refractivity contribution is -0.143. The third kappa shape index (κ3) is 2.34. The summed E-state index contributed by atoms with van der Waals surface area (Å²) in [6.07, 6.45) is -4.44. The standard InChI is InChI=1S/C9H4F3N3O4S/c10-9(11,12)5-3(6(16)17)1-13-15(5)8-14-4(2-20-8)7(18)19/h1-2H,(H,16,17)(H,18,19). The summed E-state index contributed by atoms with van der Waals surface area (Å²) in [7, 11) is 0. The molecule has 2 rings (SSSR count). The van der Waals surface area contributed by atoms with Gasteiger partial charge in [0.2, 0.25) is 5.13 Å². The molecular weight excluding hydrogens is 303 g/mol. The zero-order chi connectivity index (χ0) is 15.1. The van der Waals surface area contributed by atoms with Crippen LogP contribution in [0.1, 0.15) is 26.5 Å². The molecule has 11 heteroatoms. The van der Waals surface area contributed by atoms with Crippen molar-refractivity contribution in [2.75, 3.05) is 0 Å². The maximum atomic E-state index is 12.9. The first-order valence-corrected chi connectivity index (χ1v) is 5.67. The predicted octanol–water partition coefficient (Wildman–Crippen LogP) is 1.74. The van der Waals surface area contributed by atoms with Gasteiger partial charge in [-0.2, -0.15) is 18.3 Å². The predicted molar refractivity (Wildman–Crippen MR) is 58.2 cm³/mol. The van der Waals surface area contributed by atoms with Crippen molar-refractivity contribution in [2.24, 2.45) is 0 Å². The summed E-state index contributed by atoms with van der Waals surface area (Å²) in [5, 5.41) is 21.3. The SMILES string of the molecule is O=C(O)c1csc(-n2ncc(C(=O)O)c2C(F)(F)F)n1. The molecule has 0 radical (unpaired) electrons. The highest BCUT2D eigenvalue weighted by Gasteiger charge is 2.41. The molecule has 2 aromatic heterocycles. The van der Waals surface area contributed by atoms with E-state index in [9.17, 15) is 22.8 Å². The van der Waals surface area contributed by atoms with Gasteiger partial charge in [0.15, 0.2) is 11.4 Å². The third-order valence-electron chi connectivity index (χ3n) is 2.16. The second-order valence-electron chi connectivity index (χ2n) is 3.44. The normalized spacial score (nSPS) is 11.6. The average Bonchev–Trinajstić information content (AvgIpc) is 2.94.